The SMILES string of the molecule is CC(C)c1ccc(SCc2ccc([Si](C)(C)C)cc2)cc1. The summed E-state index contributed by atoms with van der Waals surface area (Å²) >= 11 is 1.92. The predicted octanol–water partition coefficient (Wildman–Crippen LogP) is 5.65. The first-order valence-electron chi connectivity index (χ1n) is 7.68. The van der Waals surface area contributed by atoms with Crippen LogP contribution in [-0.4, -0.2) is 8.07 Å². The van der Waals surface area contributed by atoms with Gasteiger partial charge in [-0.25, -0.2) is 0 Å². The maximum absolute atomic E-state index is 2.40. The van der Waals surface area contributed by atoms with E-state index in [0.717, 1.165) is 5.75 Å². The summed E-state index contributed by atoms with van der Waals surface area (Å²) in [6.07, 6.45) is 0. The highest BCUT2D eigenvalue weighted by molar-refractivity contribution is 7.98. The fourth-order valence-corrected chi connectivity index (χ4v) is 4.24. The van der Waals surface area contributed by atoms with Crippen LogP contribution < -0.4 is 5.19 Å². The Balaban J connectivity index is 1.96. The smallest absolute Gasteiger partial charge is 0.0775 e. The van der Waals surface area contributed by atoms with Gasteiger partial charge in [0.2, 0.25) is 0 Å². The molecule has 112 valence electrons. The highest BCUT2D eigenvalue weighted by Gasteiger charge is 2.15. The summed E-state index contributed by atoms with van der Waals surface area (Å²) in [6.45, 7) is 11.7. The fourth-order valence-electron chi connectivity index (χ4n) is 2.22. The molecule has 2 rings (SSSR count). The van der Waals surface area contributed by atoms with Crippen molar-refractivity contribution in [1.82, 2.24) is 0 Å². The first kappa shape index (κ1) is 16.4. The van der Waals surface area contributed by atoms with Gasteiger partial charge in [0, 0.05) is 10.6 Å². The van der Waals surface area contributed by atoms with E-state index < -0.39 is 8.07 Å². The van der Waals surface area contributed by atoms with Gasteiger partial charge in [-0.05, 0) is 29.2 Å². The van der Waals surface area contributed by atoms with E-state index in [-0.39, 0.29) is 0 Å². The highest BCUT2D eigenvalue weighted by atomic mass is 32.2. The molecule has 0 aromatic heterocycles. The lowest BCUT2D eigenvalue weighted by atomic mass is 10.0. The highest BCUT2D eigenvalue weighted by Crippen LogP contribution is 2.24. The van der Waals surface area contributed by atoms with Gasteiger partial charge >= 0.3 is 0 Å². The van der Waals surface area contributed by atoms with Gasteiger partial charge in [0.25, 0.3) is 0 Å². The molecule has 0 amide bonds. The van der Waals surface area contributed by atoms with Crippen LogP contribution in [0.1, 0.15) is 30.9 Å². The molecule has 0 aliphatic heterocycles. The fraction of sp³-hybridized carbons (Fsp3) is 0.368. The summed E-state index contributed by atoms with van der Waals surface area (Å²) < 4.78 is 0. The first-order valence-corrected chi connectivity index (χ1v) is 12.2. The van der Waals surface area contributed by atoms with Gasteiger partial charge in [-0.2, -0.15) is 0 Å². The van der Waals surface area contributed by atoms with Gasteiger partial charge in [-0.1, -0.05) is 75.1 Å². The molecule has 2 heteroatoms. The molecule has 0 aliphatic carbocycles. The second kappa shape index (κ2) is 6.84. The molecular weight excluding hydrogens is 288 g/mol. The van der Waals surface area contributed by atoms with E-state index in [0.29, 0.717) is 5.92 Å². The van der Waals surface area contributed by atoms with E-state index in [9.17, 15) is 0 Å². The molecule has 0 N–H and O–H groups in total. The van der Waals surface area contributed by atoms with E-state index >= 15 is 0 Å². The normalized spacial score (nSPS) is 11.9. The molecule has 0 fully saturated rings. The third-order valence-electron chi connectivity index (χ3n) is 3.77. The van der Waals surface area contributed by atoms with Crippen LogP contribution in [0.3, 0.4) is 0 Å². The Hall–Kier alpha value is -0.993. The molecule has 0 aliphatic rings. The topological polar surface area (TPSA) is 0 Å². The van der Waals surface area contributed by atoms with Crippen molar-refractivity contribution >= 4 is 25.0 Å². The number of rotatable bonds is 5. The summed E-state index contributed by atoms with van der Waals surface area (Å²) in [5.74, 6) is 1.66. The van der Waals surface area contributed by atoms with Gasteiger partial charge in [0.15, 0.2) is 0 Å². The Morgan fingerprint density at radius 2 is 1.43 bits per heavy atom. The molecule has 0 saturated heterocycles. The van der Waals surface area contributed by atoms with Crippen molar-refractivity contribution < 1.29 is 0 Å². The molecule has 0 spiro atoms. The van der Waals surface area contributed by atoms with Crippen LogP contribution in [0, 0.1) is 0 Å². The molecule has 21 heavy (non-hydrogen) atoms. The summed E-state index contributed by atoms with van der Waals surface area (Å²) in [6, 6.07) is 18.2. The maximum atomic E-state index is 2.40. The minimum absolute atomic E-state index is 0.609. The molecule has 0 nitrogen and oxygen atoms in total. The van der Waals surface area contributed by atoms with E-state index in [1.165, 1.54) is 21.2 Å². The maximum Gasteiger partial charge on any atom is 0.0775 e. The second-order valence-corrected chi connectivity index (χ2v) is 13.1. The predicted molar refractivity (Wildman–Crippen MR) is 99.5 cm³/mol. The standard InChI is InChI=1S/C19H26SSi/c1-15(2)17-8-10-18(11-9-17)20-14-16-6-12-19(13-7-16)21(3,4)5/h6-13,15H,14H2,1-5H3. The van der Waals surface area contributed by atoms with Crippen LogP contribution in [0.25, 0.3) is 0 Å². The van der Waals surface area contributed by atoms with Crippen molar-refractivity contribution in [3.05, 3.63) is 59.7 Å². The number of hydrogen-bond acceptors (Lipinski definition) is 1. The van der Waals surface area contributed by atoms with Crippen molar-refractivity contribution in [1.29, 1.82) is 0 Å². The Morgan fingerprint density at radius 1 is 0.857 bits per heavy atom. The molecule has 2 aromatic carbocycles. The number of thioether (sulfide) groups is 1. The van der Waals surface area contributed by atoms with Crippen molar-refractivity contribution in [2.24, 2.45) is 0 Å². The van der Waals surface area contributed by atoms with Crippen LogP contribution >= 0.6 is 11.8 Å². The lowest BCUT2D eigenvalue weighted by molar-refractivity contribution is 0.865. The Labute approximate surface area is 135 Å². The minimum atomic E-state index is -1.17. The van der Waals surface area contributed by atoms with Crippen molar-refractivity contribution in [3.8, 4) is 0 Å². The van der Waals surface area contributed by atoms with Gasteiger partial charge in [-0.3, -0.25) is 0 Å². The summed E-state index contributed by atoms with van der Waals surface area (Å²) in [5, 5.41) is 1.54. The van der Waals surface area contributed by atoms with Crippen molar-refractivity contribution in [3.63, 3.8) is 0 Å². The molecule has 0 radical (unpaired) electrons. The van der Waals surface area contributed by atoms with Crippen LogP contribution in [-0.2, 0) is 5.75 Å². The summed E-state index contributed by atoms with van der Waals surface area (Å²) in [4.78, 5) is 1.36. The average Bonchev–Trinajstić information content (AvgIpc) is 2.45. The third kappa shape index (κ3) is 4.75. The van der Waals surface area contributed by atoms with E-state index in [2.05, 4.69) is 82.0 Å². The number of hydrogen-bond donors (Lipinski definition) is 0. The van der Waals surface area contributed by atoms with Crippen molar-refractivity contribution in [2.45, 2.75) is 50.1 Å². The average molecular weight is 315 g/mol. The molecule has 0 saturated carbocycles. The zero-order valence-corrected chi connectivity index (χ0v) is 15.6. The summed E-state index contributed by atoms with van der Waals surface area (Å²) in [7, 11) is -1.17. The molecule has 2 aromatic rings. The van der Waals surface area contributed by atoms with E-state index in [4.69, 9.17) is 0 Å². The zero-order chi connectivity index (χ0) is 15.5. The Kier molecular flexibility index (Phi) is 5.34. The van der Waals surface area contributed by atoms with Crippen molar-refractivity contribution in [2.75, 3.05) is 0 Å². The minimum Gasteiger partial charge on any atom is -0.121 e. The van der Waals surface area contributed by atoms with Gasteiger partial charge < -0.3 is 0 Å². The Morgan fingerprint density at radius 3 is 1.90 bits per heavy atom. The molecule has 0 unspecified atom stereocenters. The Bertz CT molecular complexity index is 562. The molecule has 0 heterocycles. The van der Waals surface area contributed by atoms with Crippen LogP contribution in [0.5, 0.6) is 0 Å². The zero-order valence-electron chi connectivity index (χ0n) is 13.8. The molecular formula is C19H26SSi. The molecule has 0 bridgehead atoms. The lowest BCUT2D eigenvalue weighted by Crippen LogP contribution is -2.37. The largest absolute Gasteiger partial charge is 0.121 e. The van der Waals surface area contributed by atoms with E-state index in [1.807, 2.05) is 11.8 Å². The lowest BCUT2D eigenvalue weighted by Gasteiger charge is -2.16. The number of benzene rings is 2. The second-order valence-electron chi connectivity index (χ2n) is 6.96. The van der Waals surface area contributed by atoms with Crippen LogP contribution in [0.2, 0.25) is 19.6 Å². The van der Waals surface area contributed by atoms with E-state index in [1.54, 1.807) is 0 Å². The quantitative estimate of drug-likeness (QED) is 0.508. The van der Waals surface area contributed by atoms with Crippen LogP contribution in [0.4, 0.5) is 0 Å². The summed E-state index contributed by atoms with van der Waals surface area (Å²) in [5.41, 5.74) is 2.83. The first-order chi connectivity index (χ1) is 9.86. The van der Waals surface area contributed by atoms with Gasteiger partial charge in [-0.15, -0.1) is 11.8 Å². The monoisotopic (exact) mass is 314 g/mol. The van der Waals surface area contributed by atoms with Gasteiger partial charge in [0.1, 0.15) is 0 Å². The third-order valence-corrected chi connectivity index (χ3v) is 6.92. The van der Waals surface area contributed by atoms with Crippen LogP contribution in [0.15, 0.2) is 53.4 Å². The van der Waals surface area contributed by atoms with Gasteiger partial charge in [0.05, 0.1) is 8.07 Å². The molecule has 0 atom stereocenters.